The van der Waals surface area contributed by atoms with Gasteiger partial charge in [-0.15, -0.1) is 0 Å². The summed E-state index contributed by atoms with van der Waals surface area (Å²) >= 11 is -0.296. The summed E-state index contributed by atoms with van der Waals surface area (Å²) in [5.74, 6) is -0.294. The maximum Gasteiger partial charge on any atom is 0.447 e. The van der Waals surface area contributed by atoms with Gasteiger partial charge in [0.05, 0.1) is 47.6 Å². The molecule has 3 atom stereocenters. The van der Waals surface area contributed by atoms with Crippen LogP contribution in [0.25, 0.3) is 16.9 Å². The molecule has 2 aliphatic heterocycles. The normalized spacial score (nSPS) is 23.3. The van der Waals surface area contributed by atoms with Gasteiger partial charge >= 0.3 is 5.51 Å². The number of likely N-dealkylation sites (tertiary alicyclic amines) is 1. The number of morpholine rings is 1. The highest BCUT2D eigenvalue weighted by molar-refractivity contribution is 8.00. The van der Waals surface area contributed by atoms with E-state index in [0.29, 0.717) is 37.3 Å². The van der Waals surface area contributed by atoms with E-state index < -0.39 is 23.8 Å². The third kappa shape index (κ3) is 6.31. The number of fused-ring (bicyclic) bond motifs is 1. The Bertz CT molecular complexity index is 1320. The van der Waals surface area contributed by atoms with Crippen LogP contribution in [0.15, 0.2) is 33.9 Å². The van der Waals surface area contributed by atoms with Gasteiger partial charge in [0, 0.05) is 37.6 Å². The van der Waals surface area contributed by atoms with E-state index in [2.05, 4.69) is 20.8 Å². The molecular weight excluding hydrogens is 542 g/mol. The van der Waals surface area contributed by atoms with Crippen molar-refractivity contribution in [2.75, 3.05) is 52.3 Å². The highest BCUT2D eigenvalue weighted by atomic mass is 32.2. The number of anilines is 1. The van der Waals surface area contributed by atoms with Crippen molar-refractivity contribution in [1.82, 2.24) is 29.7 Å². The minimum atomic E-state index is -4.58. The van der Waals surface area contributed by atoms with Crippen molar-refractivity contribution in [1.29, 1.82) is 0 Å². The number of carbonyl (C=O) groups excluding carboxylic acids is 1. The van der Waals surface area contributed by atoms with E-state index in [4.69, 9.17) is 9.26 Å². The molecule has 39 heavy (non-hydrogen) atoms. The number of nitrogens with one attached hydrogen (secondary N) is 2. The fraction of sp³-hybridized carbons (Fsp3) is 0.542. The Morgan fingerprint density at radius 2 is 2.10 bits per heavy atom. The lowest BCUT2D eigenvalue weighted by Crippen LogP contribution is -2.51. The average molecular weight is 572 g/mol. The van der Waals surface area contributed by atoms with E-state index in [0.717, 1.165) is 0 Å². The van der Waals surface area contributed by atoms with Crippen LogP contribution in [0.5, 0.6) is 0 Å². The third-order valence-corrected chi connectivity index (χ3v) is 7.72. The number of piperidine rings is 1. The van der Waals surface area contributed by atoms with E-state index >= 15 is 0 Å². The minimum Gasteiger partial charge on any atom is -0.378 e. The predicted molar refractivity (Wildman–Crippen MR) is 136 cm³/mol. The monoisotopic (exact) mass is 571 g/mol. The number of carbonyl (C=O) groups is 1. The maximum absolute atomic E-state index is 14.7. The fourth-order valence-corrected chi connectivity index (χ4v) is 5.50. The zero-order chi connectivity index (χ0) is 27.7. The van der Waals surface area contributed by atoms with Gasteiger partial charge in [-0.25, -0.2) is 4.39 Å². The van der Waals surface area contributed by atoms with Gasteiger partial charge in [-0.3, -0.25) is 9.69 Å². The molecule has 2 N–H and O–H groups in total. The molecule has 0 bridgehead atoms. The van der Waals surface area contributed by atoms with Gasteiger partial charge in [0.25, 0.3) is 0 Å². The Morgan fingerprint density at radius 3 is 2.85 bits per heavy atom. The summed E-state index contributed by atoms with van der Waals surface area (Å²) in [4.78, 5) is 20.6. The van der Waals surface area contributed by atoms with Gasteiger partial charge in [-0.05, 0) is 38.7 Å². The first-order valence-electron chi connectivity index (χ1n) is 12.5. The number of rotatable bonds is 7. The Morgan fingerprint density at radius 1 is 1.28 bits per heavy atom. The van der Waals surface area contributed by atoms with E-state index in [1.165, 1.54) is 16.7 Å². The van der Waals surface area contributed by atoms with E-state index in [9.17, 15) is 22.4 Å². The Balaban J connectivity index is 1.40. The van der Waals surface area contributed by atoms with Crippen molar-refractivity contribution in [3.05, 3.63) is 30.3 Å². The standard InChI is InChI=1S/C24H29F4N7O3S/c1-33-7-5-16(15(25)12-33)30-17-4-3-6-35-18(17)10-14(23(35)39-24(26,27)28)21-31-20(38-32-21)11-29-22(36)19-13-37-9-8-34(19)2/h3-4,6,10,15-16,19,30H,5,7-9,11-13H2,1-2H3,(H,29,36)/t15-,16+,19+/m0/s1. The van der Waals surface area contributed by atoms with Crippen molar-refractivity contribution < 1.29 is 31.6 Å². The molecule has 15 heteroatoms. The lowest BCUT2D eigenvalue weighted by Gasteiger charge is -2.33. The van der Waals surface area contributed by atoms with Crippen LogP contribution in [-0.2, 0) is 16.1 Å². The Hall–Kier alpha value is -2.88. The molecule has 3 aromatic rings. The van der Waals surface area contributed by atoms with Gasteiger partial charge in [-0.2, -0.15) is 18.2 Å². The molecule has 10 nitrogen and oxygen atoms in total. The summed E-state index contributed by atoms with van der Waals surface area (Å²) in [7, 11) is 3.66. The minimum absolute atomic E-state index is 0.0425. The number of halogens is 4. The second-order valence-electron chi connectivity index (χ2n) is 9.71. The van der Waals surface area contributed by atoms with E-state index in [1.807, 2.05) is 23.9 Å². The van der Waals surface area contributed by atoms with Gasteiger partial charge < -0.3 is 29.2 Å². The van der Waals surface area contributed by atoms with Crippen LogP contribution >= 0.6 is 11.8 Å². The summed E-state index contributed by atoms with van der Waals surface area (Å²) in [5, 5.41) is 9.63. The Labute approximate surface area is 226 Å². The second kappa shape index (κ2) is 11.3. The lowest BCUT2D eigenvalue weighted by molar-refractivity contribution is -0.131. The van der Waals surface area contributed by atoms with Gasteiger partial charge in [0.2, 0.25) is 17.6 Å². The zero-order valence-electron chi connectivity index (χ0n) is 21.4. The van der Waals surface area contributed by atoms with Gasteiger partial charge in [0.1, 0.15) is 12.2 Å². The molecule has 212 valence electrons. The highest BCUT2D eigenvalue weighted by Gasteiger charge is 2.35. The van der Waals surface area contributed by atoms with Crippen LogP contribution in [0.1, 0.15) is 12.3 Å². The third-order valence-electron chi connectivity index (χ3n) is 6.88. The maximum atomic E-state index is 14.7. The van der Waals surface area contributed by atoms with E-state index in [1.54, 1.807) is 12.1 Å². The molecule has 2 aliphatic rings. The molecule has 0 spiro atoms. The number of hydrogen-bond acceptors (Lipinski definition) is 9. The molecule has 5 rings (SSSR count). The van der Waals surface area contributed by atoms with Crippen molar-refractivity contribution in [2.45, 2.75) is 41.8 Å². The molecule has 0 aliphatic carbocycles. The zero-order valence-corrected chi connectivity index (χ0v) is 22.2. The fourth-order valence-electron chi connectivity index (χ4n) is 4.77. The van der Waals surface area contributed by atoms with Crippen molar-refractivity contribution in [3.63, 3.8) is 0 Å². The van der Waals surface area contributed by atoms with Crippen molar-refractivity contribution in [3.8, 4) is 11.4 Å². The smallest absolute Gasteiger partial charge is 0.378 e. The summed E-state index contributed by atoms with van der Waals surface area (Å²) in [5.41, 5.74) is -3.56. The molecule has 0 aromatic carbocycles. The Kier molecular flexibility index (Phi) is 8.03. The van der Waals surface area contributed by atoms with Crippen LogP contribution in [0.4, 0.5) is 23.2 Å². The first-order valence-corrected chi connectivity index (χ1v) is 13.3. The van der Waals surface area contributed by atoms with Crippen LogP contribution < -0.4 is 10.6 Å². The van der Waals surface area contributed by atoms with Crippen molar-refractivity contribution in [2.24, 2.45) is 0 Å². The highest BCUT2D eigenvalue weighted by Crippen LogP contribution is 2.43. The molecule has 0 saturated carbocycles. The summed E-state index contributed by atoms with van der Waals surface area (Å²) in [6.07, 6.45) is 0.931. The number of likely N-dealkylation sites (N-methyl/N-ethyl adjacent to an activating group) is 1. The molecule has 0 unspecified atom stereocenters. The van der Waals surface area contributed by atoms with E-state index in [-0.39, 0.29) is 59.7 Å². The van der Waals surface area contributed by atoms with Crippen LogP contribution in [0.3, 0.4) is 0 Å². The van der Waals surface area contributed by atoms with Crippen LogP contribution in [0, 0.1) is 0 Å². The number of pyridine rings is 1. The largest absolute Gasteiger partial charge is 0.447 e. The molecule has 1 amide bonds. The van der Waals surface area contributed by atoms with Crippen LogP contribution in [0.2, 0.25) is 0 Å². The lowest BCUT2D eigenvalue weighted by atomic mass is 10.0. The summed E-state index contributed by atoms with van der Waals surface area (Å²) in [6.45, 7) is 2.30. The first-order chi connectivity index (χ1) is 18.6. The summed E-state index contributed by atoms with van der Waals surface area (Å²) in [6, 6.07) is 3.89. The number of alkyl halides is 4. The number of aromatic nitrogens is 3. The van der Waals surface area contributed by atoms with Gasteiger partial charge in [-0.1, -0.05) is 5.16 Å². The number of thioether (sulfide) groups is 1. The molecule has 5 heterocycles. The second-order valence-corrected chi connectivity index (χ2v) is 10.8. The topological polar surface area (TPSA) is 100 Å². The number of nitrogens with zero attached hydrogens (tertiary/aromatic N) is 5. The quantitative estimate of drug-likeness (QED) is 0.328. The molecule has 3 aromatic heterocycles. The van der Waals surface area contributed by atoms with Crippen LogP contribution in [-0.4, -0.2) is 101 Å². The summed E-state index contributed by atoms with van der Waals surface area (Å²) < 4.78 is 67.4. The molecule has 0 radical (unpaired) electrons. The number of ether oxygens (including phenoxy) is 1. The number of hydrogen-bond donors (Lipinski definition) is 2. The predicted octanol–water partition coefficient (Wildman–Crippen LogP) is 3.00. The number of amides is 1. The average Bonchev–Trinajstić information content (AvgIpc) is 3.49. The SMILES string of the molecule is CN1CC[C@@H](Nc2cccn3c(SC(F)(F)F)c(-c4noc(CNC(=O)[C@H]5COCCN5C)n4)cc23)[C@@H](F)C1. The molecule has 2 saturated heterocycles. The first kappa shape index (κ1) is 27.7. The molecular formula is C24H29F4N7O3S. The van der Waals surface area contributed by atoms with Gasteiger partial charge in [0.15, 0.2) is 0 Å². The van der Waals surface area contributed by atoms with Crippen molar-refractivity contribution >= 4 is 28.9 Å². The molecule has 2 fully saturated rings.